The minimum absolute atomic E-state index is 0.0254. The Hall–Kier alpha value is -2.60. The summed E-state index contributed by atoms with van der Waals surface area (Å²) in [5.74, 6) is 0.789. The van der Waals surface area contributed by atoms with Crippen LogP contribution in [-0.2, 0) is 15.1 Å². The number of rotatable bonds is 7. The molecule has 0 radical (unpaired) electrons. The second-order valence-electron chi connectivity index (χ2n) is 7.74. The molecule has 3 atom stereocenters. The SMILES string of the molecule is B[C@H]1C[C@@H](O)[C@@H](COC(c2ccccc2)(c2ccccc2)c2ccc(OC)cc2)O1. The highest BCUT2D eigenvalue weighted by molar-refractivity contribution is 6.11. The molecule has 0 bridgehead atoms. The van der Waals surface area contributed by atoms with Crippen LogP contribution in [-0.4, -0.2) is 44.9 Å². The summed E-state index contributed by atoms with van der Waals surface area (Å²) in [7, 11) is 3.64. The molecule has 1 fully saturated rings. The van der Waals surface area contributed by atoms with Gasteiger partial charge in [0, 0.05) is 6.00 Å². The van der Waals surface area contributed by atoms with Crippen LogP contribution >= 0.6 is 0 Å². The maximum Gasteiger partial charge on any atom is 0.143 e. The van der Waals surface area contributed by atoms with Gasteiger partial charge in [-0.15, -0.1) is 0 Å². The predicted molar refractivity (Wildman–Crippen MR) is 120 cm³/mol. The minimum Gasteiger partial charge on any atom is -0.497 e. The zero-order valence-corrected chi connectivity index (χ0v) is 17.4. The lowest BCUT2D eigenvalue weighted by Gasteiger charge is -2.37. The fourth-order valence-electron chi connectivity index (χ4n) is 4.22. The first-order valence-corrected chi connectivity index (χ1v) is 10.4. The summed E-state index contributed by atoms with van der Waals surface area (Å²) in [4.78, 5) is 0. The van der Waals surface area contributed by atoms with E-state index < -0.39 is 11.7 Å². The molecule has 3 aromatic carbocycles. The maximum absolute atomic E-state index is 10.4. The van der Waals surface area contributed by atoms with E-state index in [0.717, 1.165) is 22.4 Å². The summed E-state index contributed by atoms with van der Waals surface area (Å²) >= 11 is 0. The summed E-state index contributed by atoms with van der Waals surface area (Å²) in [5, 5.41) is 10.4. The van der Waals surface area contributed by atoms with E-state index in [1.54, 1.807) is 7.11 Å². The summed E-state index contributed by atoms with van der Waals surface area (Å²) in [6, 6.07) is 28.4. The van der Waals surface area contributed by atoms with Gasteiger partial charge in [0.05, 0.1) is 19.8 Å². The lowest BCUT2D eigenvalue weighted by molar-refractivity contribution is -0.0737. The molecule has 1 N–H and O–H groups in total. The number of aliphatic hydroxyl groups is 1. The smallest absolute Gasteiger partial charge is 0.143 e. The van der Waals surface area contributed by atoms with Gasteiger partial charge < -0.3 is 19.3 Å². The first kappa shape index (κ1) is 20.7. The van der Waals surface area contributed by atoms with Crippen molar-refractivity contribution in [2.24, 2.45) is 0 Å². The molecule has 0 aromatic heterocycles. The molecule has 1 aliphatic rings. The van der Waals surface area contributed by atoms with Crippen LogP contribution in [0.15, 0.2) is 84.9 Å². The summed E-state index contributed by atoms with van der Waals surface area (Å²) in [5.41, 5.74) is 2.18. The van der Waals surface area contributed by atoms with Crippen molar-refractivity contribution in [2.45, 2.75) is 30.2 Å². The van der Waals surface area contributed by atoms with Gasteiger partial charge in [-0.3, -0.25) is 0 Å². The molecule has 3 aromatic rings. The van der Waals surface area contributed by atoms with E-state index in [4.69, 9.17) is 14.2 Å². The van der Waals surface area contributed by atoms with Crippen molar-refractivity contribution in [3.05, 3.63) is 102 Å². The number of ether oxygens (including phenoxy) is 3. The Bertz CT molecular complexity index is 891. The summed E-state index contributed by atoms with van der Waals surface area (Å²) < 4.78 is 18.0. The molecule has 0 saturated carbocycles. The Balaban J connectivity index is 1.82. The van der Waals surface area contributed by atoms with Gasteiger partial charge in [-0.05, 0) is 35.2 Å². The van der Waals surface area contributed by atoms with E-state index in [-0.39, 0.29) is 18.7 Å². The molecule has 5 heteroatoms. The normalized spacial score (nSPS) is 21.5. The highest BCUT2D eigenvalue weighted by Gasteiger charge is 2.40. The molecular weight excluding hydrogens is 375 g/mol. The summed E-state index contributed by atoms with van der Waals surface area (Å²) in [6.07, 6.45) is -0.259. The average molecular weight is 402 g/mol. The van der Waals surface area contributed by atoms with E-state index in [1.165, 1.54) is 0 Å². The highest BCUT2D eigenvalue weighted by Crippen LogP contribution is 2.41. The van der Waals surface area contributed by atoms with Crippen LogP contribution in [0.4, 0.5) is 0 Å². The molecule has 4 nitrogen and oxygen atoms in total. The van der Waals surface area contributed by atoms with E-state index >= 15 is 0 Å². The Labute approximate surface area is 178 Å². The van der Waals surface area contributed by atoms with Crippen LogP contribution in [0.1, 0.15) is 23.1 Å². The molecule has 1 aliphatic heterocycles. The maximum atomic E-state index is 10.4. The lowest BCUT2D eigenvalue weighted by atomic mass is 9.80. The lowest BCUT2D eigenvalue weighted by Crippen LogP contribution is -2.38. The van der Waals surface area contributed by atoms with Gasteiger partial charge in [0.25, 0.3) is 0 Å². The van der Waals surface area contributed by atoms with Gasteiger partial charge in [0.1, 0.15) is 25.3 Å². The topological polar surface area (TPSA) is 47.9 Å². The van der Waals surface area contributed by atoms with Crippen LogP contribution in [0.25, 0.3) is 0 Å². The average Bonchev–Trinajstić information content (AvgIpc) is 3.13. The number of aliphatic hydroxyl groups excluding tert-OH is 1. The van der Waals surface area contributed by atoms with Gasteiger partial charge in [0.2, 0.25) is 0 Å². The largest absolute Gasteiger partial charge is 0.497 e. The number of methoxy groups -OCH3 is 1. The molecule has 154 valence electrons. The molecule has 4 rings (SSSR count). The highest BCUT2D eigenvalue weighted by atomic mass is 16.6. The monoisotopic (exact) mass is 402 g/mol. The quantitative estimate of drug-likeness (QED) is 0.488. The zero-order chi connectivity index (χ0) is 21.0. The van der Waals surface area contributed by atoms with Gasteiger partial charge in [-0.2, -0.15) is 0 Å². The second kappa shape index (κ2) is 9.05. The van der Waals surface area contributed by atoms with E-state index in [9.17, 15) is 5.11 Å². The molecule has 0 spiro atoms. The predicted octanol–water partition coefficient (Wildman–Crippen LogP) is 3.11. The Kier molecular flexibility index (Phi) is 6.23. The molecule has 1 heterocycles. The van der Waals surface area contributed by atoms with Gasteiger partial charge in [-0.1, -0.05) is 72.8 Å². The van der Waals surface area contributed by atoms with Crippen molar-refractivity contribution in [1.82, 2.24) is 0 Å². The van der Waals surface area contributed by atoms with E-state index in [1.807, 2.05) is 68.5 Å². The molecule has 0 aliphatic carbocycles. The Morgan fingerprint density at radius 1 is 0.900 bits per heavy atom. The number of hydrogen-bond acceptors (Lipinski definition) is 4. The first-order valence-electron chi connectivity index (χ1n) is 10.4. The standard InChI is InChI=1S/C25H27BO4/c1-28-21-14-12-20(13-15-21)25(18-8-4-2-5-9-18,19-10-6-3-7-11-19)29-17-23-22(27)16-24(26)30-23/h2-15,22-24,27H,16-17,26H2,1H3/t22-,23-,24-/m1/s1. The van der Waals surface area contributed by atoms with Crippen LogP contribution in [0, 0.1) is 0 Å². The van der Waals surface area contributed by atoms with Crippen molar-refractivity contribution < 1.29 is 19.3 Å². The zero-order valence-electron chi connectivity index (χ0n) is 17.4. The van der Waals surface area contributed by atoms with Crippen LogP contribution < -0.4 is 4.74 Å². The van der Waals surface area contributed by atoms with Gasteiger partial charge in [-0.25, -0.2) is 0 Å². The molecule has 30 heavy (non-hydrogen) atoms. The van der Waals surface area contributed by atoms with Crippen molar-refractivity contribution in [1.29, 1.82) is 0 Å². The van der Waals surface area contributed by atoms with Crippen LogP contribution in [0.3, 0.4) is 0 Å². The number of hydrogen-bond donors (Lipinski definition) is 1. The Morgan fingerprint density at radius 3 is 1.90 bits per heavy atom. The summed E-state index contributed by atoms with van der Waals surface area (Å²) in [6.45, 7) is 0.279. The van der Waals surface area contributed by atoms with Gasteiger partial charge in [0.15, 0.2) is 0 Å². The fraction of sp³-hybridized carbons (Fsp3) is 0.280. The molecule has 0 unspecified atom stereocenters. The van der Waals surface area contributed by atoms with E-state index in [0.29, 0.717) is 6.42 Å². The van der Waals surface area contributed by atoms with Crippen molar-refractivity contribution >= 4 is 7.85 Å². The van der Waals surface area contributed by atoms with Gasteiger partial charge >= 0.3 is 0 Å². The van der Waals surface area contributed by atoms with E-state index in [2.05, 4.69) is 24.3 Å². The second-order valence-corrected chi connectivity index (χ2v) is 7.74. The Morgan fingerprint density at radius 2 is 1.43 bits per heavy atom. The third-order valence-electron chi connectivity index (χ3n) is 5.73. The molecule has 1 saturated heterocycles. The third kappa shape index (κ3) is 4.01. The fourth-order valence-corrected chi connectivity index (χ4v) is 4.22. The van der Waals surface area contributed by atoms with Crippen molar-refractivity contribution in [3.63, 3.8) is 0 Å². The number of benzene rings is 3. The van der Waals surface area contributed by atoms with Crippen molar-refractivity contribution in [2.75, 3.05) is 13.7 Å². The minimum atomic E-state index is -0.844. The first-order chi connectivity index (χ1) is 14.6. The molecule has 0 amide bonds. The van der Waals surface area contributed by atoms with Crippen LogP contribution in [0.5, 0.6) is 5.75 Å². The third-order valence-corrected chi connectivity index (χ3v) is 5.73. The van der Waals surface area contributed by atoms with Crippen molar-refractivity contribution in [3.8, 4) is 5.75 Å². The molecular formula is C25H27BO4. The van der Waals surface area contributed by atoms with Crippen LogP contribution in [0.2, 0.25) is 0 Å².